The Balaban J connectivity index is 0.00000106. The first-order valence-electron chi connectivity index (χ1n) is 5.31. The number of carbonyl (C=O) groups is 1. The molecule has 0 radical (unpaired) electrons. The number of hydrogen-bond donors (Lipinski definition) is 2. The van der Waals surface area contributed by atoms with Gasteiger partial charge in [0.1, 0.15) is 6.61 Å². The minimum Gasteiger partial charge on any atom is -0.489 e. The molecule has 92 valence electrons. The quantitative estimate of drug-likeness (QED) is 0.665. The van der Waals surface area contributed by atoms with Crippen LogP contribution in [0.1, 0.15) is 27.2 Å². The SMILES string of the molecule is CC.COC(=O)C1CO/C(=C(\C)N)C(=N)C1. The molecule has 0 aromatic heterocycles. The number of esters is 1. The number of nitrogens with one attached hydrogen (secondary N) is 1. The molecule has 1 heterocycles. The zero-order chi connectivity index (χ0) is 12.7. The Morgan fingerprint density at radius 1 is 1.56 bits per heavy atom. The molecule has 5 heteroatoms. The Bertz CT molecular complexity index is 294. The maximum Gasteiger partial charge on any atom is 0.312 e. The predicted molar refractivity (Wildman–Crippen MR) is 62.0 cm³/mol. The lowest BCUT2D eigenvalue weighted by molar-refractivity contribution is -0.147. The van der Waals surface area contributed by atoms with Gasteiger partial charge in [-0.3, -0.25) is 4.79 Å². The predicted octanol–water partition coefficient (Wildman–Crippen LogP) is 1.43. The van der Waals surface area contributed by atoms with Crippen molar-refractivity contribution >= 4 is 11.7 Å². The van der Waals surface area contributed by atoms with Gasteiger partial charge in [0, 0.05) is 12.1 Å². The zero-order valence-corrected chi connectivity index (χ0v) is 10.3. The molecule has 0 amide bonds. The molecule has 0 aliphatic carbocycles. The molecule has 1 atom stereocenters. The van der Waals surface area contributed by atoms with Gasteiger partial charge >= 0.3 is 5.97 Å². The molecule has 0 bridgehead atoms. The van der Waals surface area contributed by atoms with Gasteiger partial charge in [-0.05, 0) is 6.92 Å². The molecule has 5 nitrogen and oxygen atoms in total. The summed E-state index contributed by atoms with van der Waals surface area (Å²) >= 11 is 0. The summed E-state index contributed by atoms with van der Waals surface area (Å²) in [6.45, 7) is 5.90. The first kappa shape index (κ1) is 14.5. The highest BCUT2D eigenvalue weighted by atomic mass is 16.5. The number of nitrogens with two attached hydrogens (primary N) is 1. The van der Waals surface area contributed by atoms with Gasteiger partial charge in [0.15, 0.2) is 5.76 Å². The summed E-state index contributed by atoms with van der Waals surface area (Å²) in [5.41, 5.74) is 6.24. The van der Waals surface area contributed by atoms with Gasteiger partial charge in [0.2, 0.25) is 0 Å². The van der Waals surface area contributed by atoms with E-state index in [1.807, 2.05) is 13.8 Å². The van der Waals surface area contributed by atoms with Crippen LogP contribution < -0.4 is 5.73 Å². The number of methoxy groups -OCH3 is 1. The molecular formula is C11H20N2O3. The fourth-order valence-corrected chi connectivity index (χ4v) is 1.34. The highest BCUT2D eigenvalue weighted by Gasteiger charge is 2.29. The van der Waals surface area contributed by atoms with Crippen molar-refractivity contribution in [3.8, 4) is 0 Å². The molecule has 1 fully saturated rings. The minimum atomic E-state index is -0.379. The van der Waals surface area contributed by atoms with Gasteiger partial charge in [-0.25, -0.2) is 0 Å². The molecule has 0 spiro atoms. The van der Waals surface area contributed by atoms with E-state index in [-0.39, 0.29) is 24.2 Å². The Hall–Kier alpha value is -1.52. The van der Waals surface area contributed by atoms with Crippen LogP contribution in [-0.4, -0.2) is 25.4 Å². The number of allylic oxidation sites excluding steroid dienone is 2. The maximum atomic E-state index is 11.1. The van der Waals surface area contributed by atoms with Crippen molar-refractivity contribution in [1.82, 2.24) is 0 Å². The molecule has 1 aliphatic rings. The average Bonchev–Trinajstić information content (AvgIpc) is 2.30. The molecular weight excluding hydrogens is 208 g/mol. The summed E-state index contributed by atoms with van der Waals surface area (Å²) in [4.78, 5) is 11.1. The molecule has 0 aromatic rings. The topological polar surface area (TPSA) is 85.4 Å². The lowest BCUT2D eigenvalue weighted by Crippen LogP contribution is -2.31. The van der Waals surface area contributed by atoms with Crippen molar-refractivity contribution in [2.75, 3.05) is 13.7 Å². The minimum absolute atomic E-state index is 0.235. The van der Waals surface area contributed by atoms with E-state index in [1.54, 1.807) is 6.92 Å². The summed E-state index contributed by atoms with van der Waals surface area (Å²) in [6.07, 6.45) is 0.330. The highest BCUT2D eigenvalue weighted by Crippen LogP contribution is 2.20. The summed E-state index contributed by atoms with van der Waals surface area (Å²) in [5.74, 6) is -0.329. The highest BCUT2D eigenvalue weighted by molar-refractivity contribution is 5.99. The molecule has 1 saturated heterocycles. The monoisotopic (exact) mass is 228 g/mol. The van der Waals surface area contributed by atoms with Gasteiger partial charge in [-0.2, -0.15) is 0 Å². The maximum absolute atomic E-state index is 11.1. The fraction of sp³-hybridized carbons (Fsp3) is 0.636. The van der Waals surface area contributed by atoms with E-state index in [0.29, 0.717) is 17.9 Å². The van der Waals surface area contributed by atoms with Crippen LogP contribution in [0.25, 0.3) is 0 Å². The Kier molecular flexibility index (Phi) is 6.22. The van der Waals surface area contributed by atoms with Gasteiger partial charge in [0.25, 0.3) is 0 Å². The second-order valence-electron chi connectivity index (χ2n) is 3.23. The van der Waals surface area contributed by atoms with Gasteiger partial charge in [-0.15, -0.1) is 0 Å². The number of hydrogen-bond acceptors (Lipinski definition) is 5. The summed E-state index contributed by atoms with van der Waals surface area (Å²) < 4.78 is 9.79. The summed E-state index contributed by atoms with van der Waals surface area (Å²) in [7, 11) is 1.32. The van der Waals surface area contributed by atoms with E-state index in [9.17, 15) is 4.79 Å². The van der Waals surface area contributed by atoms with Crippen molar-refractivity contribution in [2.45, 2.75) is 27.2 Å². The molecule has 0 aromatic carbocycles. The van der Waals surface area contributed by atoms with E-state index in [4.69, 9.17) is 15.9 Å². The third kappa shape index (κ3) is 3.56. The van der Waals surface area contributed by atoms with Crippen LogP contribution in [0.15, 0.2) is 11.5 Å². The summed E-state index contributed by atoms with van der Waals surface area (Å²) in [5, 5.41) is 7.60. The number of carbonyl (C=O) groups excluding carboxylic acids is 1. The molecule has 1 rings (SSSR count). The van der Waals surface area contributed by atoms with Crippen molar-refractivity contribution in [1.29, 1.82) is 5.41 Å². The van der Waals surface area contributed by atoms with Crippen molar-refractivity contribution < 1.29 is 14.3 Å². The van der Waals surface area contributed by atoms with Gasteiger partial charge < -0.3 is 20.6 Å². The van der Waals surface area contributed by atoms with Crippen LogP contribution in [0.3, 0.4) is 0 Å². The first-order valence-corrected chi connectivity index (χ1v) is 5.31. The van der Waals surface area contributed by atoms with E-state index in [1.165, 1.54) is 7.11 Å². The molecule has 1 aliphatic heterocycles. The van der Waals surface area contributed by atoms with Crippen LogP contribution in [0.4, 0.5) is 0 Å². The van der Waals surface area contributed by atoms with Gasteiger partial charge in [-0.1, -0.05) is 13.8 Å². The molecule has 3 N–H and O–H groups in total. The van der Waals surface area contributed by atoms with Crippen molar-refractivity contribution in [3.63, 3.8) is 0 Å². The lowest BCUT2D eigenvalue weighted by atomic mass is 9.98. The largest absolute Gasteiger partial charge is 0.489 e. The van der Waals surface area contributed by atoms with E-state index >= 15 is 0 Å². The van der Waals surface area contributed by atoms with Crippen molar-refractivity contribution in [3.05, 3.63) is 11.5 Å². The molecule has 0 saturated carbocycles. The van der Waals surface area contributed by atoms with Crippen LogP contribution >= 0.6 is 0 Å². The third-order valence-corrected chi connectivity index (χ3v) is 2.05. The number of ether oxygens (including phenoxy) is 2. The number of rotatable bonds is 1. The van der Waals surface area contributed by atoms with E-state index in [2.05, 4.69) is 4.74 Å². The van der Waals surface area contributed by atoms with Crippen molar-refractivity contribution in [2.24, 2.45) is 11.7 Å². The smallest absolute Gasteiger partial charge is 0.312 e. The zero-order valence-electron chi connectivity index (χ0n) is 10.3. The summed E-state index contributed by atoms with van der Waals surface area (Å²) in [6, 6.07) is 0. The first-order chi connectivity index (χ1) is 7.56. The van der Waals surface area contributed by atoms with Crippen LogP contribution in [0.2, 0.25) is 0 Å². The standard InChI is InChI=1S/C9H14N2O3.C2H6/c1-5(10)8-7(11)3-6(4-14-8)9(12)13-2;1-2/h6,11H,3-4,10H2,1-2H3;1-2H3/b8-5+,11-7?;. The van der Waals surface area contributed by atoms with E-state index in [0.717, 1.165) is 0 Å². The molecule has 16 heavy (non-hydrogen) atoms. The van der Waals surface area contributed by atoms with Crippen LogP contribution in [0.5, 0.6) is 0 Å². The molecule has 1 unspecified atom stereocenters. The Morgan fingerprint density at radius 2 is 2.12 bits per heavy atom. The Morgan fingerprint density at radius 3 is 2.50 bits per heavy atom. The Labute approximate surface area is 96.1 Å². The fourth-order valence-electron chi connectivity index (χ4n) is 1.34. The van der Waals surface area contributed by atoms with Crippen LogP contribution in [0, 0.1) is 11.3 Å². The third-order valence-electron chi connectivity index (χ3n) is 2.05. The van der Waals surface area contributed by atoms with Gasteiger partial charge in [0.05, 0.1) is 18.7 Å². The normalized spacial score (nSPS) is 22.5. The van der Waals surface area contributed by atoms with E-state index < -0.39 is 0 Å². The van der Waals surface area contributed by atoms with Crippen LogP contribution in [-0.2, 0) is 14.3 Å². The second-order valence-corrected chi connectivity index (χ2v) is 3.23. The average molecular weight is 228 g/mol. The lowest BCUT2D eigenvalue weighted by Gasteiger charge is -2.24. The second kappa shape index (κ2) is 6.87.